The number of anilines is 1. The minimum Gasteiger partial charge on any atom is -0.296 e. The van der Waals surface area contributed by atoms with Gasteiger partial charge >= 0.3 is 0 Å². The maximum atomic E-state index is 12.5. The van der Waals surface area contributed by atoms with E-state index in [1.807, 2.05) is 19.1 Å². The number of fused-ring (bicyclic) bond motifs is 1. The van der Waals surface area contributed by atoms with Gasteiger partial charge in [-0.15, -0.1) is 21.5 Å². The Hall–Kier alpha value is -1.79. The quantitative estimate of drug-likeness (QED) is 0.782. The van der Waals surface area contributed by atoms with Gasteiger partial charge in [-0.25, -0.2) is 0 Å². The summed E-state index contributed by atoms with van der Waals surface area (Å²) >= 11 is 2.93. The molecule has 6 heteroatoms. The number of benzene rings is 1. The summed E-state index contributed by atoms with van der Waals surface area (Å²) < 4.78 is 1.15. The van der Waals surface area contributed by atoms with Crippen LogP contribution in [-0.4, -0.2) is 16.1 Å². The first-order valence-electron chi connectivity index (χ1n) is 6.81. The highest BCUT2D eigenvalue weighted by molar-refractivity contribution is 7.21. The number of thiophene rings is 1. The second-order valence-corrected chi connectivity index (χ2v) is 6.97. The van der Waals surface area contributed by atoms with E-state index in [0.717, 1.165) is 33.0 Å². The van der Waals surface area contributed by atoms with Crippen molar-refractivity contribution >= 4 is 43.8 Å². The van der Waals surface area contributed by atoms with Crippen LogP contribution in [0.25, 0.3) is 10.1 Å². The van der Waals surface area contributed by atoms with E-state index in [-0.39, 0.29) is 5.91 Å². The highest BCUT2D eigenvalue weighted by Gasteiger charge is 2.18. The van der Waals surface area contributed by atoms with Gasteiger partial charge in [0.15, 0.2) is 0 Å². The molecule has 4 nitrogen and oxygen atoms in total. The number of nitrogens with one attached hydrogen (secondary N) is 1. The van der Waals surface area contributed by atoms with Crippen LogP contribution >= 0.6 is 22.7 Å². The van der Waals surface area contributed by atoms with Gasteiger partial charge in [0, 0.05) is 4.70 Å². The Morgan fingerprint density at radius 3 is 2.76 bits per heavy atom. The summed E-state index contributed by atoms with van der Waals surface area (Å²) in [5, 5.41) is 13.3. The predicted octanol–water partition coefficient (Wildman–Crippen LogP) is 4.27. The molecule has 21 heavy (non-hydrogen) atoms. The smallest absolute Gasteiger partial charge is 0.267 e. The molecule has 1 N–H and O–H groups in total. The fourth-order valence-corrected chi connectivity index (χ4v) is 4.01. The largest absolute Gasteiger partial charge is 0.296 e. The highest BCUT2D eigenvalue weighted by Crippen LogP contribution is 2.33. The van der Waals surface area contributed by atoms with Gasteiger partial charge in [0.2, 0.25) is 5.13 Å². The number of aromatic nitrogens is 2. The van der Waals surface area contributed by atoms with Gasteiger partial charge < -0.3 is 0 Å². The lowest BCUT2D eigenvalue weighted by molar-refractivity contribution is 0.102. The van der Waals surface area contributed by atoms with Crippen molar-refractivity contribution in [1.82, 2.24) is 10.2 Å². The third-order valence-corrected chi connectivity index (χ3v) is 5.12. The Kier molecular flexibility index (Phi) is 3.98. The normalized spacial score (nSPS) is 11.0. The van der Waals surface area contributed by atoms with E-state index < -0.39 is 0 Å². The first-order valence-corrected chi connectivity index (χ1v) is 8.44. The molecule has 2 aromatic heterocycles. The van der Waals surface area contributed by atoms with Crippen molar-refractivity contribution in [3.63, 3.8) is 0 Å². The van der Waals surface area contributed by atoms with Crippen LogP contribution < -0.4 is 5.32 Å². The molecular weight excluding hydrogens is 302 g/mol. The summed E-state index contributed by atoms with van der Waals surface area (Å²) in [6.45, 7) is 4.00. The molecule has 108 valence electrons. The fraction of sp³-hybridized carbons (Fsp3) is 0.267. The van der Waals surface area contributed by atoms with Crippen molar-refractivity contribution in [2.75, 3.05) is 5.32 Å². The van der Waals surface area contributed by atoms with Gasteiger partial charge in [-0.05, 0) is 30.4 Å². The van der Waals surface area contributed by atoms with Crippen LogP contribution in [0.4, 0.5) is 5.13 Å². The van der Waals surface area contributed by atoms with Crippen molar-refractivity contribution in [1.29, 1.82) is 0 Å². The number of hydrogen-bond acceptors (Lipinski definition) is 5. The molecule has 0 unspecified atom stereocenters. The summed E-state index contributed by atoms with van der Waals surface area (Å²) in [4.78, 5) is 13.3. The van der Waals surface area contributed by atoms with Gasteiger partial charge in [-0.1, -0.05) is 42.9 Å². The van der Waals surface area contributed by atoms with E-state index >= 15 is 0 Å². The second-order valence-electron chi connectivity index (χ2n) is 4.74. The van der Waals surface area contributed by atoms with Crippen LogP contribution in [0.1, 0.15) is 33.6 Å². The van der Waals surface area contributed by atoms with Gasteiger partial charge in [0.05, 0.1) is 4.88 Å². The molecule has 0 spiro atoms. The molecule has 0 saturated carbocycles. The Morgan fingerprint density at radius 1 is 1.24 bits per heavy atom. The van der Waals surface area contributed by atoms with Gasteiger partial charge in [0.25, 0.3) is 5.91 Å². The molecule has 0 fully saturated rings. The Balaban J connectivity index is 1.98. The number of carbonyl (C=O) groups is 1. The molecule has 0 radical (unpaired) electrons. The minimum atomic E-state index is -0.0872. The van der Waals surface area contributed by atoms with Crippen molar-refractivity contribution in [3.8, 4) is 0 Å². The number of hydrogen-bond donors (Lipinski definition) is 1. The second kappa shape index (κ2) is 5.91. The zero-order valence-electron chi connectivity index (χ0n) is 11.8. The number of nitrogens with zero attached hydrogens (tertiary/aromatic N) is 2. The summed E-state index contributed by atoms with van der Waals surface area (Å²) in [6, 6.07) is 8.17. The van der Waals surface area contributed by atoms with Gasteiger partial charge in [-0.2, -0.15) is 0 Å². The molecule has 0 bridgehead atoms. The molecule has 0 saturated heterocycles. The number of carbonyl (C=O) groups excluding carboxylic acids is 1. The first-order chi connectivity index (χ1) is 10.2. The zero-order valence-corrected chi connectivity index (χ0v) is 13.5. The average Bonchev–Trinajstić information content (AvgIpc) is 3.04. The summed E-state index contributed by atoms with van der Waals surface area (Å²) in [7, 11) is 0. The molecule has 0 atom stereocenters. The van der Waals surface area contributed by atoms with Crippen LogP contribution in [0.15, 0.2) is 24.3 Å². The summed E-state index contributed by atoms with van der Waals surface area (Å²) in [5.74, 6) is -0.0872. The van der Waals surface area contributed by atoms with E-state index in [9.17, 15) is 4.79 Å². The summed E-state index contributed by atoms with van der Waals surface area (Å²) in [6.07, 6.45) is 1.92. The first kappa shape index (κ1) is 14.2. The van der Waals surface area contributed by atoms with Crippen molar-refractivity contribution in [2.45, 2.75) is 26.7 Å². The number of aryl methyl sites for hydroxylation is 2. The lowest BCUT2D eigenvalue weighted by Crippen LogP contribution is -2.12. The number of rotatable bonds is 4. The van der Waals surface area contributed by atoms with Crippen molar-refractivity contribution in [3.05, 3.63) is 39.7 Å². The molecule has 1 amide bonds. The Bertz CT molecular complexity index is 791. The maximum Gasteiger partial charge on any atom is 0.267 e. The molecule has 0 aliphatic heterocycles. The zero-order chi connectivity index (χ0) is 14.8. The Morgan fingerprint density at radius 2 is 2.05 bits per heavy atom. The van der Waals surface area contributed by atoms with Crippen LogP contribution in [-0.2, 0) is 6.42 Å². The van der Waals surface area contributed by atoms with E-state index in [1.54, 1.807) is 11.3 Å². The van der Waals surface area contributed by atoms with E-state index in [2.05, 4.69) is 34.6 Å². The maximum absolute atomic E-state index is 12.5. The lowest BCUT2D eigenvalue weighted by Gasteiger charge is -2.03. The number of amides is 1. The minimum absolute atomic E-state index is 0.0872. The highest BCUT2D eigenvalue weighted by atomic mass is 32.1. The monoisotopic (exact) mass is 317 g/mol. The van der Waals surface area contributed by atoms with Crippen molar-refractivity contribution < 1.29 is 4.79 Å². The van der Waals surface area contributed by atoms with Crippen molar-refractivity contribution in [2.24, 2.45) is 0 Å². The SMILES string of the molecule is CCCc1c(C(=O)Nc2nnc(C)s2)sc2ccccc12. The van der Waals surface area contributed by atoms with Crippen LogP contribution in [0.2, 0.25) is 0 Å². The summed E-state index contributed by atoms with van der Waals surface area (Å²) in [5.41, 5.74) is 1.14. The van der Waals surface area contributed by atoms with Gasteiger partial charge in [0.1, 0.15) is 5.01 Å². The fourth-order valence-electron chi connectivity index (χ4n) is 2.28. The van der Waals surface area contributed by atoms with Crippen LogP contribution in [0.5, 0.6) is 0 Å². The average molecular weight is 317 g/mol. The van der Waals surface area contributed by atoms with E-state index in [0.29, 0.717) is 5.13 Å². The third kappa shape index (κ3) is 2.82. The lowest BCUT2D eigenvalue weighted by atomic mass is 10.1. The molecule has 1 aromatic carbocycles. The van der Waals surface area contributed by atoms with E-state index in [4.69, 9.17) is 0 Å². The molecule has 0 aliphatic rings. The standard InChI is InChI=1S/C15H15N3OS2/c1-3-6-11-10-7-4-5-8-12(10)21-13(11)14(19)16-15-18-17-9(2)20-15/h4-5,7-8H,3,6H2,1-2H3,(H,16,18,19). The topological polar surface area (TPSA) is 54.9 Å². The van der Waals surface area contributed by atoms with Crippen LogP contribution in [0.3, 0.4) is 0 Å². The molecule has 2 heterocycles. The van der Waals surface area contributed by atoms with E-state index in [1.165, 1.54) is 16.7 Å². The third-order valence-electron chi connectivity index (χ3n) is 3.15. The molecule has 0 aliphatic carbocycles. The molecular formula is C15H15N3OS2. The molecule has 3 aromatic rings. The van der Waals surface area contributed by atoms with Gasteiger partial charge in [-0.3, -0.25) is 10.1 Å². The Labute approximate surface area is 130 Å². The molecule has 3 rings (SSSR count). The van der Waals surface area contributed by atoms with Crippen LogP contribution in [0, 0.1) is 6.92 Å². The predicted molar refractivity (Wildman–Crippen MR) is 88.4 cm³/mol.